The van der Waals surface area contributed by atoms with Crippen LogP contribution in [-0.2, 0) is 25.9 Å². The third-order valence-corrected chi connectivity index (χ3v) is 8.62. The van der Waals surface area contributed by atoms with Crippen molar-refractivity contribution in [1.29, 1.82) is 0 Å². The topological polar surface area (TPSA) is 23.6 Å². The first-order valence-corrected chi connectivity index (χ1v) is 14.4. The zero-order chi connectivity index (χ0) is 25.5. The van der Waals surface area contributed by atoms with Gasteiger partial charge in [0.05, 0.1) is 0 Å². The normalized spacial score (nSPS) is 17.3. The van der Waals surface area contributed by atoms with Gasteiger partial charge in [-0.25, -0.2) is 0 Å². The molecule has 1 fully saturated rings. The van der Waals surface area contributed by atoms with Gasteiger partial charge in [-0.15, -0.1) is 0 Å². The molecule has 5 rings (SSSR count). The number of benzene rings is 3. The molecule has 37 heavy (non-hydrogen) atoms. The molecule has 0 saturated carbocycles. The minimum atomic E-state index is 0.310. The highest BCUT2D eigenvalue weighted by Crippen LogP contribution is 2.26. The fraction of sp³-hybridized carbons (Fsp3) is 0.424. The van der Waals surface area contributed by atoms with Gasteiger partial charge in [-0.3, -0.25) is 14.6 Å². The summed E-state index contributed by atoms with van der Waals surface area (Å²) in [5.74, 6) is 1.04. The molecule has 0 unspecified atom stereocenters. The zero-order valence-corrected chi connectivity index (χ0v) is 22.6. The summed E-state index contributed by atoms with van der Waals surface area (Å²) in [5.41, 5.74) is 6.28. The average molecular weight is 515 g/mol. The molecule has 0 N–H and O–H groups in total. The highest BCUT2D eigenvalue weighted by molar-refractivity contribution is 6.31. The van der Waals surface area contributed by atoms with E-state index in [-0.39, 0.29) is 0 Å². The molecule has 2 aliphatic rings. The lowest BCUT2D eigenvalue weighted by atomic mass is 9.90. The molecule has 2 heterocycles. The van der Waals surface area contributed by atoms with E-state index in [4.69, 9.17) is 11.6 Å². The number of nitrogens with zero attached hydrogens (tertiary/aromatic N) is 2. The number of hydrogen-bond donors (Lipinski definition) is 0. The van der Waals surface area contributed by atoms with Gasteiger partial charge in [0.25, 0.3) is 0 Å². The van der Waals surface area contributed by atoms with Crippen LogP contribution >= 0.6 is 11.6 Å². The molecule has 2 aliphatic heterocycles. The Labute approximate surface area is 227 Å². The van der Waals surface area contributed by atoms with E-state index in [1.54, 1.807) is 0 Å². The number of piperidine rings is 1. The van der Waals surface area contributed by atoms with Crippen LogP contribution in [0, 0.1) is 5.92 Å². The third-order valence-electron chi connectivity index (χ3n) is 8.25. The number of halogens is 1. The summed E-state index contributed by atoms with van der Waals surface area (Å²) in [5, 5.41) is 0.866. The van der Waals surface area contributed by atoms with Crippen molar-refractivity contribution < 1.29 is 4.79 Å². The van der Waals surface area contributed by atoms with Crippen molar-refractivity contribution in [2.45, 2.75) is 58.0 Å². The summed E-state index contributed by atoms with van der Waals surface area (Å²) in [6, 6.07) is 25.4. The first-order chi connectivity index (χ1) is 18.1. The lowest BCUT2D eigenvalue weighted by molar-refractivity contribution is 0.0974. The second-order valence-corrected chi connectivity index (χ2v) is 11.3. The quantitative estimate of drug-likeness (QED) is 0.282. The van der Waals surface area contributed by atoms with E-state index in [0.29, 0.717) is 12.2 Å². The summed E-state index contributed by atoms with van der Waals surface area (Å²) >= 11 is 6.34. The molecule has 0 aromatic heterocycles. The summed E-state index contributed by atoms with van der Waals surface area (Å²) in [6.07, 6.45) is 7.34. The van der Waals surface area contributed by atoms with E-state index in [1.807, 2.05) is 12.1 Å². The Bertz CT molecular complexity index is 1170. The molecule has 1 saturated heterocycles. The van der Waals surface area contributed by atoms with Crippen LogP contribution in [0.3, 0.4) is 0 Å². The predicted octanol–water partition coefficient (Wildman–Crippen LogP) is 7.21. The van der Waals surface area contributed by atoms with E-state index in [9.17, 15) is 4.79 Å². The average Bonchev–Trinajstić information content (AvgIpc) is 3.13. The fourth-order valence-corrected chi connectivity index (χ4v) is 6.14. The number of hydrogen-bond acceptors (Lipinski definition) is 3. The fourth-order valence-electron chi connectivity index (χ4n) is 5.94. The Kier molecular flexibility index (Phi) is 9.10. The second-order valence-electron chi connectivity index (χ2n) is 10.9. The van der Waals surface area contributed by atoms with Crippen LogP contribution in [0.1, 0.15) is 64.7 Å². The molecular formula is C33H39ClN2O. The maximum Gasteiger partial charge on any atom is 0.162 e. The van der Waals surface area contributed by atoms with E-state index in [1.165, 1.54) is 35.1 Å². The predicted molar refractivity (Wildman–Crippen MR) is 153 cm³/mol. The monoisotopic (exact) mass is 514 g/mol. The molecule has 4 heteroatoms. The largest absolute Gasteiger partial charge is 0.299 e. The minimum absolute atomic E-state index is 0.310. The first kappa shape index (κ1) is 26.2. The molecule has 0 aliphatic carbocycles. The number of fused-ring (bicyclic) bond motifs is 1. The van der Waals surface area contributed by atoms with Gasteiger partial charge in [0.1, 0.15) is 0 Å². The van der Waals surface area contributed by atoms with Crippen LogP contribution in [0.2, 0.25) is 5.02 Å². The highest BCUT2D eigenvalue weighted by Gasteiger charge is 2.21. The van der Waals surface area contributed by atoms with Crippen LogP contribution in [0.5, 0.6) is 0 Å². The van der Waals surface area contributed by atoms with Crippen molar-refractivity contribution in [3.8, 4) is 0 Å². The Morgan fingerprint density at radius 3 is 2.27 bits per heavy atom. The second kappa shape index (κ2) is 12.9. The SMILES string of the molecule is O=C(CCCC1CCN(Cc2ccccc2Cl)CC1)c1ccc2c(c1)CCN(Cc1ccccc1)CC2. The van der Waals surface area contributed by atoms with Crippen molar-refractivity contribution in [2.75, 3.05) is 26.2 Å². The number of Topliss-reactive ketones (excluding diaryl/α,β-unsaturated/α-hetero) is 1. The van der Waals surface area contributed by atoms with Crippen LogP contribution < -0.4 is 0 Å². The molecular weight excluding hydrogens is 476 g/mol. The smallest absolute Gasteiger partial charge is 0.162 e. The maximum atomic E-state index is 13.0. The van der Waals surface area contributed by atoms with Gasteiger partial charge in [-0.2, -0.15) is 0 Å². The minimum Gasteiger partial charge on any atom is -0.299 e. The molecule has 0 radical (unpaired) electrons. The van der Waals surface area contributed by atoms with Crippen molar-refractivity contribution in [1.82, 2.24) is 9.80 Å². The van der Waals surface area contributed by atoms with Gasteiger partial charge < -0.3 is 0 Å². The molecule has 0 atom stereocenters. The summed E-state index contributed by atoms with van der Waals surface area (Å²) in [7, 11) is 0. The van der Waals surface area contributed by atoms with Gasteiger partial charge in [0, 0.05) is 43.2 Å². The molecule has 3 aromatic rings. The van der Waals surface area contributed by atoms with Gasteiger partial charge in [-0.1, -0.05) is 72.3 Å². The molecule has 0 bridgehead atoms. The standard InChI is InChI=1S/C33H39ClN2O/c34-32-11-5-4-10-31(32)25-36-19-15-26(16-20-36)9-6-12-33(37)30-14-13-28-17-21-35(22-18-29(28)23-30)24-27-7-2-1-3-8-27/h1-5,7-8,10-11,13-14,23,26H,6,9,12,15-22,24-25H2. The molecule has 0 spiro atoms. The number of rotatable bonds is 9. The third kappa shape index (κ3) is 7.31. The van der Waals surface area contributed by atoms with E-state index < -0.39 is 0 Å². The number of carbonyl (C=O) groups is 1. The van der Waals surface area contributed by atoms with Gasteiger partial charge in [0.2, 0.25) is 0 Å². The Morgan fingerprint density at radius 1 is 0.784 bits per heavy atom. The first-order valence-electron chi connectivity index (χ1n) is 14.0. The Hall–Kier alpha value is -2.46. The van der Waals surface area contributed by atoms with Crippen LogP contribution in [0.25, 0.3) is 0 Å². The van der Waals surface area contributed by atoms with Crippen molar-refractivity contribution in [3.05, 3.63) is 106 Å². The molecule has 194 valence electrons. The molecule has 3 aromatic carbocycles. The van der Waals surface area contributed by atoms with E-state index in [2.05, 4.69) is 70.5 Å². The molecule has 0 amide bonds. The van der Waals surface area contributed by atoms with Gasteiger partial charge >= 0.3 is 0 Å². The molecule has 3 nitrogen and oxygen atoms in total. The zero-order valence-electron chi connectivity index (χ0n) is 21.9. The van der Waals surface area contributed by atoms with Gasteiger partial charge in [0.15, 0.2) is 5.78 Å². The maximum absolute atomic E-state index is 13.0. The summed E-state index contributed by atoms with van der Waals surface area (Å²) in [4.78, 5) is 18.1. The van der Waals surface area contributed by atoms with E-state index >= 15 is 0 Å². The number of carbonyl (C=O) groups excluding carboxylic acids is 1. The lowest BCUT2D eigenvalue weighted by Crippen LogP contribution is -2.33. The van der Waals surface area contributed by atoms with Crippen LogP contribution in [-0.4, -0.2) is 41.8 Å². The summed E-state index contributed by atoms with van der Waals surface area (Å²) in [6.45, 7) is 6.31. The lowest BCUT2D eigenvalue weighted by Gasteiger charge is -2.32. The van der Waals surface area contributed by atoms with Crippen molar-refractivity contribution in [3.63, 3.8) is 0 Å². The van der Waals surface area contributed by atoms with Gasteiger partial charge in [-0.05, 0) is 91.9 Å². The number of ketones is 1. The Morgan fingerprint density at radius 2 is 1.49 bits per heavy atom. The van der Waals surface area contributed by atoms with E-state index in [0.717, 1.165) is 81.5 Å². The number of likely N-dealkylation sites (tertiary alicyclic amines) is 1. The van der Waals surface area contributed by atoms with Crippen LogP contribution in [0.4, 0.5) is 0 Å². The van der Waals surface area contributed by atoms with Crippen molar-refractivity contribution in [2.24, 2.45) is 5.92 Å². The Balaban J connectivity index is 1.05. The van der Waals surface area contributed by atoms with Crippen LogP contribution in [0.15, 0.2) is 72.8 Å². The highest BCUT2D eigenvalue weighted by atomic mass is 35.5. The van der Waals surface area contributed by atoms with Crippen molar-refractivity contribution >= 4 is 17.4 Å². The summed E-state index contributed by atoms with van der Waals surface area (Å²) < 4.78 is 0.